The number of nitrogens with zero attached hydrogens (tertiary/aromatic N) is 1. The molecule has 1 fully saturated rings. The standard InChI is InChI=1S/C11H13ClN2O3/c1-11(4-5-17-6-11)14-8-3-2-7(12)9(13-8)10(15)16/h2-3H,4-6H2,1H3,(H,13,14)(H,15,16). The summed E-state index contributed by atoms with van der Waals surface area (Å²) in [6.45, 7) is 3.29. The zero-order valence-corrected chi connectivity index (χ0v) is 10.1. The summed E-state index contributed by atoms with van der Waals surface area (Å²) in [5.41, 5.74) is -0.337. The molecule has 17 heavy (non-hydrogen) atoms. The Balaban J connectivity index is 2.22. The number of nitrogens with one attached hydrogen (secondary N) is 1. The van der Waals surface area contributed by atoms with Crippen LogP contribution in [0.25, 0.3) is 0 Å². The number of pyridine rings is 1. The van der Waals surface area contributed by atoms with Crippen LogP contribution < -0.4 is 5.32 Å². The van der Waals surface area contributed by atoms with Crippen molar-refractivity contribution in [2.24, 2.45) is 0 Å². The first kappa shape index (κ1) is 12.1. The Bertz CT molecular complexity index is 444. The summed E-state index contributed by atoms with van der Waals surface area (Å²) in [6.07, 6.45) is 0.861. The Morgan fingerprint density at radius 3 is 3.00 bits per heavy atom. The van der Waals surface area contributed by atoms with Gasteiger partial charge in [0, 0.05) is 6.61 Å². The third kappa shape index (κ3) is 2.68. The SMILES string of the molecule is CC1(Nc2ccc(Cl)c(C(=O)O)n2)CCOC1. The van der Waals surface area contributed by atoms with Crippen LogP contribution in [0.2, 0.25) is 5.02 Å². The Hall–Kier alpha value is -1.33. The van der Waals surface area contributed by atoms with Gasteiger partial charge in [0.25, 0.3) is 0 Å². The van der Waals surface area contributed by atoms with Crippen LogP contribution in [0, 0.1) is 0 Å². The second-order valence-electron chi connectivity index (χ2n) is 4.32. The van der Waals surface area contributed by atoms with Crippen molar-refractivity contribution in [1.29, 1.82) is 0 Å². The first-order chi connectivity index (χ1) is 8.00. The van der Waals surface area contributed by atoms with Crippen LogP contribution in [0.5, 0.6) is 0 Å². The number of carboxylic acids is 1. The van der Waals surface area contributed by atoms with Gasteiger partial charge in [-0.2, -0.15) is 0 Å². The Kier molecular flexibility index (Phi) is 3.22. The van der Waals surface area contributed by atoms with Crippen LogP contribution in [0.1, 0.15) is 23.8 Å². The summed E-state index contributed by atoms with van der Waals surface area (Å²) in [5, 5.41) is 12.2. The molecule has 0 saturated carbocycles. The number of halogens is 1. The van der Waals surface area contributed by atoms with Crippen molar-refractivity contribution in [2.45, 2.75) is 18.9 Å². The Labute approximate surface area is 104 Å². The van der Waals surface area contributed by atoms with Gasteiger partial charge >= 0.3 is 5.97 Å². The van der Waals surface area contributed by atoms with E-state index in [0.717, 1.165) is 6.42 Å². The van der Waals surface area contributed by atoms with Crippen LogP contribution in [-0.2, 0) is 4.74 Å². The lowest BCUT2D eigenvalue weighted by Gasteiger charge is -2.24. The summed E-state index contributed by atoms with van der Waals surface area (Å²) in [4.78, 5) is 14.9. The molecule has 0 aromatic carbocycles. The molecular formula is C11H13ClN2O3. The molecule has 1 aliphatic heterocycles. The smallest absolute Gasteiger partial charge is 0.356 e. The van der Waals surface area contributed by atoms with Gasteiger partial charge in [0.15, 0.2) is 5.69 Å². The molecule has 5 nitrogen and oxygen atoms in total. The van der Waals surface area contributed by atoms with Gasteiger partial charge in [-0.3, -0.25) is 0 Å². The van der Waals surface area contributed by atoms with Gasteiger partial charge in [0.1, 0.15) is 5.82 Å². The fraction of sp³-hybridized carbons (Fsp3) is 0.455. The van der Waals surface area contributed by atoms with Gasteiger partial charge in [-0.05, 0) is 25.5 Å². The predicted octanol–water partition coefficient (Wildman–Crippen LogP) is 2.02. The molecule has 2 heterocycles. The highest BCUT2D eigenvalue weighted by molar-refractivity contribution is 6.33. The van der Waals surface area contributed by atoms with Crippen molar-refractivity contribution >= 4 is 23.4 Å². The minimum absolute atomic E-state index is 0.135. The zero-order valence-electron chi connectivity index (χ0n) is 9.36. The summed E-state index contributed by atoms with van der Waals surface area (Å²) < 4.78 is 5.30. The van der Waals surface area contributed by atoms with Crippen molar-refractivity contribution in [3.63, 3.8) is 0 Å². The van der Waals surface area contributed by atoms with E-state index in [1.165, 1.54) is 6.07 Å². The maximum Gasteiger partial charge on any atom is 0.356 e. The first-order valence-electron chi connectivity index (χ1n) is 5.26. The van der Waals surface area contributed by atoms with Crippen LogP contribution >= 0.6 is 11.6 Å². The van der Waals surface area contributed by atoms with E-state index < -0.39 is 5.97 Å². The fourth-order valence-corrected chi connectivity index (χ4v) is 1.92. The first-order valence-corrected chi connectivity index (χ1v) is 5.64. The van der Waals surface area contributed by atoms with Crippen molar-refractivity contribution in [3.05, 3.63) is 22.8 Å². The Morgan fingerprint density at radius 2 is 2.41 bits per heavy atom. The van der Waals surface area contributed by atoms with E-state index in [4.69, 9.17) is 21.4 Å². The number of hydrogen-bond donors (Lipinski definition) is 2. The molecule has 1 aromatic rings. The van der Waals surface area contributed by atoms with E-state index >= 15 is 0 Å². The van der Waals surface area contributed by atoms with Crippen molar-refractivity contribution in [1.82, 2.24) is 4.98 Å². The van der Waals surface area contributed by atoms with Gasteiger partial charge in [-0.15, -0.1) is 0 Å². The van der Waals surface area contributed by atoms with E-state index in [-0.39, 0.29) is 16.3 Å². The number of aromatic carboxylic acids is 1. The highest BCUT2D eigenvalue weighted by Crippen LogP contribution is 2.24. The van der Waals surface area contributed by atoms with Crippen LogP contribution in [0.3, 0.4) is 0 Å². The molecule has 1 unspecified atom stereocenters. The van der Waals surface area contributed by atoms with E-state index in [1.807, 2.05) is 6.92 Å². The second-order valence-corrected chi connectivity index (χ2v) is 4.73. The third-order valence-electron chi connectivity index (χ3n) is 2.70. The van der Waals surface area contributed by atoms with Crippen molar-refractivity contribution in [2.75, 3.05) is 18.5 Å². The predicted molar refractivity (Wildman–Crippen MR) is 63.7 cm³/mol. The lowest BCUT2D eigenvalue weighted by molar-refractivity contribution is 0.0691. The molecule has 0 spiro atoms. The van der Waals surface area contributed by atoms with Gasteiger partial charge in [0.05, 0.1) is 17.2 Å². The normalized spacial score (nSPS) is 23.6. The highest BCUT2D eigenvalue weighted by Gasteiger charge is 2.30. The average Bonchev–Trinajstić information content (AvgIpc) is 2.67. The van der Waals surface area contributed by atoms with Crippen LogP contribution in [0.15, 0.2) is 12.1 Å². The summed E-state index contributed by atoms with van der Waals surface area (Å²) in [5.74, 6) is -0.633. The van der Waals surface area contributed by atoms with E-state index in [2.05, 4.69) is 10.3 Å². The fourth-order valence-electron chi connectivity index (χ4n) is 1.74. The molecule has 0 bridgehead atoms. The van der Waals surface area contributed by atoms with Gasteiger partial charge < -0.3 is 15.2 Å². The van der Waals surface area contributed by atoms with Crippen molar-refractivity contribution in [3.8, 4) is 0 Å². The van der Waals surface area contributed by atoms with E-state index in [9.17, 15) is 4.79 Å². The monoisotopic (exact) mass is 256 g/mol. The third-order valence-corrected chi connectivity index (χ3v) is 3.00. The number of carbonyl (C=O) groups is 1. The molecule has 0 amide bonds. The van der Waals surface area contributed by atoms with Gasteiger partial charge in [-0.1, -0.05) is 11.6 Å². The lowest BCUT2D eigenvalue weighted by Crippen LogP contribution is -2.35. The van der Waals surface area contributed by atoms with Gasteiger partial charge in [-0.25, -0.2) is 9.78 Å². The summed E-state index contributed by atoms with van der Waals surface area (Å²) in [6, 6.07) is 3.19. The number of ether oxygens (including phenoxy) is 1. The Morgan fingerprint density at radius 1 is 1.65 bits per heavy atom. The molecule has 1 aromatic heterocycles. The zero-order chi connectivity index (χ0) is 12.5. The molecule has 2 N–H and O–H groups in total. The quantitative estimate of drug-likeness (QED) is 0.866. The number of rotatable bonds is 3. The average molecular weight is 257 g/mol. The number of hydrogen-bond acceptors (Lipinski definition) is 4. The molecule has 6 heteroatoms. The molecule has 2 rings (SSSR count). The van der Waals surface area contributed by atoms with Crippen molar-refractivity contribution < 1.29 is 14.6 Å². The highest BCUT2D eigenvalue weighted by atomic mass is 35.5. The topological polar surface area (TPSA) is 71.5 Å². The largest absolute Gasteiger partial charge is 0.476 e. The molecule has 0 radical (unpaired) electrons. The summed E-state index contributed by atoms with van der Waals surface area (Å²) in [7, 11) is 0. The minimum Gasteiger partial charge on any atom is -0.476 e. The molecule has 0 aliphatic carbocycles. The second kappa shape index (κ2) is 4.50. The van der Waals surface area contributed by atoms with E-state index in [0.29, 0.717) is 19.0 Å². The molecular weight excluding hydrogens is 244 g/mol. The molecule has 1 saturated heterocycles. The lowest BCUT2D eigenvalue weighted by atomic mass is 10.0. The number of carboxylic acid groups (broad SMARTS) is 1. The minimum atomic E-state index is -1.13. The van der Waals surface area contributed by atoms with Gasteiger partial charge in [0.2, 0.25) is 0 Å². The van der Waals surface area contributed by atoms with E-state index in [1.54, 1.807) is 6.07 Å². The maximum atomic E-state index is 10.9. The van der Waals surface area contributed by atoms with Crippen LogP contribution in [0.4, 0.5) is 5.82 Å². The number of anilines is 1. The van der Waals surface area contributed by atoms with Crippen LogP contribution in [-0.4, -0.2) is 34.8 Å². The number of aromatic nitrogens is 1. The molecule has 92 valence electrons. The summed E-state index contributed by atoms with van der Waals surface area (Å²) >= 11 is 5.75. The molecule has 1 aliphatic rings. The maximum absolute atomic E-state index is 10.9. The molecule has 1 atom stereocenters.